The van der Waals surface area contributed by atoms with Crippen LogP contribution in [0.3, 0.4) is 0 Å². The van der Waals surface area contributed by atoms with E-state index in [1.807, 2.05) is 45.0 Å². The predicted octanol–water partition coefficient (Wildman–Crippen LogP) is 5.61. The van der Waals surface area contributed by atoms with E-state index in [1.54, 1.807) is 36.4 Å². The molecule has 1 heterocycles. The first kappa shape index (κ1) is 26.7. The molecule has 7 heteroatoms. The van der Waals surface area contributed by atoms with Gasteiger partial charge in [0.25, 0.3) is 10.0 Å². The maximum atomic E-state index is 13.6. The summed E-state index contributed by atoms with van der Waals surface area (Å²) in [6.45, 7) is 9.95. The summed E-state index contributed by atoms with van der Waals surface area (Å²) in [5, 5.41) is 2.99. The Morgan fingerprint density at radius 2 is 1.62 bits per heavy atom. The second-order valence-electron chi connectivity index (χ2n) is 10.1. The first-order chi connectivity index (χ1) is 17.6. The molecule has 3 aromatic carbocycles. The van der Waals surface area contributed by atoms with Crippen LogP contribution in [0.15, 0.2) is 77.7 Å². The Hall–Kier alpha value is -3.32. The number of anilines is 2. The average Bonchev–Trinajstić information content (AvgIpc) is 2.90. The van der Waals surface area contributed by atoms with Gasteiger partial charge in [0.1, 0.15) is 6.54 Å². The number of hydrogen-bond donors (Lipinski definition) is 1. The summed E-state index contributed by atoms with van der Waals surface area (Å²) in [6, 6.07) is 21.7. The van der Waals surface area contributed by atoms with E-state index in [4.69, 9.17) is 0 Å². The standard InChI is InChI=1S/C30H37N3O3S/c1-22-16-18-32(19-17-22)27-14-11-26(12-15-27)25(4)31-30(34)21-33(28-13-10-23(2)24(3)20-28)37(35,36)29-8-6-5-7-9-29/h5-15,20,22,25H,16-19,21H2,1-4H3,(H,31,34). The number of amides is 1. The Labute approximate surface area is 221 Å². The van der Waals surface area contributed by atoms with Crippen molar-refractivity contribution in [1.82, 2.24) is 5.32 Å². The zero-order valence-electron chi connectivity index (χ0n) is 22.1. The molecule has 3 aromatic rings. The second-order valence-corrected chi connectivity index (χ2v) is 12.0. The Morgan fingerprint density at radius 1 is 0.973 bits per heavy atom. The molecule has 1 N–H and O–H groups in total. The predicted molar refractivity (Wildman–Crippen MR) is 151 cm³/mol. The van der Waals surface area contributed by atoms with Crippen molar-refractivity contribution >= 4 is 27.3 Å². The summed E-state index contributed by atoms with van der Waals surface area (Å²) in [6.07, 6.45) is 2.41. The maximum Gasteiger partial charge on any atom is 0.264 e. The lowest BCUT2D eigenvalue weighted by Gasteiger charge is -2.32. The lowest BCUT2D eigenvalue weighted by Crippen LogP contribution is -2.41. The van der Waals surface area contributed by atoms with Crippen LogP contribution >= 0.6 is 0 Å². The molecular formula is C30H37N3O3S. The van der Waals surface area contributed by atoms with Crippen molar-refractivity contribution in [1.29, 1.82) is 0 Å². The summed E-state index contributed by atoms with van der Waals surface area (Å²) >= 11 is 0. The highest BCUT2D eigenvalue weighted by Crippen LogP contribution is 2.27. The highest BCUT2D eigenvalue weighted by Gasteiger charge is 2.28. The van der Waals surface area contributed by atoms with Gasteiger partial charge in [0.2, 0.25) is 5.91 Å². The highest BCUT2D eigenvalue weighted by atomic mass is 32.2. The van der Waals surface area contributed by atoms with Gasteiger partial charge >= 0.3 is 0 Å². The van der Waals surface area contributed by atoms with E-state index in [2.05, 4.69) is 29.3 Å². The van der Waals surface area contributed by atoms with Gasteiger partial charge in [-0.25, -0.2) is 8.42 Å². The summed E-state index contributed by atoms with van der Waals surface area (Å²) < 4.78 is 28.3. The first-order valence-corrected chi connectivity index (χ1v) is 14.4. The maximum absolute atomic E-state index is 13.6. The molecule has 1 aliphatic heterocycles. The van der Waals surface area contributed by atoms with Crippen LogP contribution < -0.4 is 14.5 Å². The van der Waals surface area contributed by atoms with Gasteiger partial charge in [-0.3, -0.25) is 9.10 Å². The molecule has 0 spiro atoms. The molecule has 1 amide bonds. The summed E-state index contributed by atoms with van der Waals surface area (Å²) in [5.41, 5.74) is 4.66. The largest absolute Gasteiger partial charge is 0.372 e. The Balaban J connectivity index is 1.50. The Morgan fingerprint density at radius 3 is 2.24 bits per heavy atom. The van der Waals surface area contributed by atoms with Gasteiger partial charge in [-0.2, -0.15) is 0 Å². The van der Waals surface area contributed by atoms with Gasteiger partial charge in [-0.1, -0.05) is 43.3 Å². The lowest BCUT2D eigenvalue weighted by molar-refractivity contribution is -0.120. The number of carbonyl (C=O) groups is 1. The molecule has 0 radical (unpaired) electrons. The summed E-state index contributed by atoms with van der Waals surface area (Å²) in [4.78, 5) is 15.7. The first-order valence-electron chi connectivity index (χ1n) is 12.9. The van der Waals surface area contributed by atoms with Gasteiger partial charge in [0.15, 0.2) is 0 Å². The van der Waals surface area contributed by atoms with E-state index < -0.39 is 10.0 Å². The monoisotopic (exact) mass is 519 g/mol. The fourth-order valence-electron chi connectivity index (χ4n) is 4.66. The number of carbonyl (C=O) groups excluding carboxylic acids is 1. The smallest absolute Gasteiger partial charge is 0.264 e. The van der Waals surface area contributed by atoms with E-state index in [-0.39, 0.29) is 23.4 Å². The minimum atomic E-state index is -3.93. The topological polar surface area (TPSA) is 69.7 Å². The molecule has 1 unspecified atom stereocenters. The fraction of sp³-hybridized carbons (Fsp3) is 0.367. The number of piperidine rings is 1. The van der Waals surface area contributed by atoms with Crippen LogP contribution in [0, 0.1) is 19.8 Å². The van der Waals surface area contributed by atoms with Crippen molar-refractivity contribution < 1.29 is 13.2 Å². The Bertz CT molecular complexity index is 1320. The van der Waals surface area contributed by atoms with Gasteiger partial charge in [-0.05, 0) is 92.6 Å². The minimum absolute atomic E-state index is 0.150. The molecule has 6 nitrogen and oxygen atoms in total. The molecule has 1 saturated heterocycles. The summed E-state index contributed by atoms with van der Waals surface area (Å²) in [5.74, 6) is 0.416. The van der Waals surface area contributed by atoms with Crippen molar-refractivity contribution in [3.8, 4) is 0 Å². The number of rotatable bonds is 8. The third kappa shape index (κ3) is 6.34. The number of sulfonamides is 1. The number of benzene rings is 3. The quantitative estimate of drug-likeness (QED) is 0.420. The van der Waals surface area contributed by atoms with Crippen molar-refractivity contribution in [3.63, 3.8) is 0 Å². The Kier molecular flexibility index (Phi) is 8.22. The van der Waals surface area contributed by atoms with Crippen molar-refractivity contribution in [2.24, 2.45) is 5.92 Å². The normalized spacial score (nSPS) is 15.3. The lowest BCUT2D eigenvalue weighted by atomic mass is 9.98. The SMILES string of the molecule is Cc1ccc(N(CC(=O)NC(C)c2ccc(N3CCC(C)CC3)cc2)S(=O)(=O)c2ccccc2)cc1C. The average molecular weight is 520 g/mol. The van der Waals surface area contributed by atoms with E-state index in [0.29, 0.717) is 5.69 Å². The molecule has 0 saturated carbocycles. The van der Waals surface area contributed by atoms with E-state index in [0.717, 1.165) is 35.7 Å². The molecule has 1 aliphatic rings. The minimum Gasteiger partial charge on any atom is -0.372 e. The van der Waals surface area contributed by atoms with Crippen LogP contribution in [0.1, 0.15) is 49.4 Å². The third-order valence-electron chi connectivity index (χ3n) is 7.32. The van der Waals surface area contributed by atoms with Crippen LogP contribution in [0.5, 0.6) is 0 Å². The highest BCUT2D eigenvalue weighted by molar-refractivity contribution is 7.92. The van der Waals surface area contributed by atoms with Crippen molar-refractivity contribution in [2.75, 3.05) is 28.8 Å². The molecule has 37 heavy (non-hydrogen) atoms. The molecule has 0 bridgehead atoms. The second kappa shape index (κ2) is 11.4. The number of aryl methyl sites for hydroxylation is 2. The zero-order chi connectivity index (χ0) is 26.6. The molecule has 4 rings (SSSR count). The van der Waals surface area contributed by atoms with E-state index in [9.17, 15) is 13.2 Å². The van der Waals surface area contributed by atoms with Crippen molar-refractivity contribution in [2.45, 2.75) is 51.5 Å². The third-order valence-corrected chi connectivity index (χ3v) is 9.10. The van der Waals surface area contributed by atoms with E-state index >= 15 is 0 Å². The van der Waals surface area contributed by atoms with Gasteiger partial charge < -0.3 is 10.2 Å². The van der Waals surface area contributed by atoms with E-state index in [1.165, 1.54) is 22.8 Å². The number of nitrogens with zero attached hydrogens (tertiary/aromatic N) is 2. The molecule has 1 fully saturated rings. The van der Waals surface area contributed by atoms with Crippen LogP contribution in [-0.4, -0.2) is 34.0 Å². The summed E-state index contributed by atoms with van der Waals surface area (Å²) in [7, 11) is -3.93. The molecule has 196 valence electrons. The fourth-order valence-corrected chi connectivity index (χ4v) is 6.09. The molecule has 1 atom stereocenters. The molecular weight excluding hydrogens is 482 g/mol. The van der Waals surface area contributed by atoms with Crippen molar-refractivity contribution in [3.05, 3.63) is 89.5 Å². The van der Waals surface area contributed by atoms with Crippen LogP contribution in [-0.2, 0) is 14.8 Å². The van der Waals surface area contributed by atoms with Crippen LogP contribution in [0.2, 0.25) is 0 Å². The van der Waals surface area contributed by atoms with Crippen LogP contribution in [0.25, 0.3) is 0 Å². The van der Waals surface area contributed by atoms with Gasteiger partial charge in [0, 0.05) is 18.8 Å². The van der Waals surface area contributed by atoms with Crippen LogP contribution in [0.4, 0.5) is 11.4 Å². The number of hydrogen-bond acceptors (Lipinski definition) is 4. The van der Waals surface area contributed by atoms with Gasteiger partial charge in [0.05, 0.1) is 16.6 Å². The number of nitrogens with one attached hydrogen (secondary N) is 1. The zero-order valence-corrected chi connectivity index (χ0v) is 23.0. The molecule has 0 aliphatic carbocycles. The van der Waals surface area contributed by atoms with Gasteiger partial charge in [-0.15, -0.1) is 0 Å². The molecule has 0 aromatic heterocycles.